The van der Waals surface area contributed by atoms with E-state index < -0.39 is 0 Å². The van der Waals surface area contributed by atoms with Crippen LogP contribution in [-0.2, 0) is 17.6 Å². The summed E-state index contributed by atoms with van der Waals surface area (Å²) in [5.41, 5.74) is 13.1. The summed E-state index contributed by atoms with van der Waals surface area (Å²) >= 11 is 0. The molecule has 2 aromatic rings. The van der Waals surface area contributed by atoms with E-state index in [1.807, 2.05) is 12.1 Å². The van der Waals surface area contributed by atoms with Gasteiger partial charge in [-0.1, -0.05) is 43.3 Å². The molecule has 0 bridgehead atoms. The average Bonchev–Trinajstić information content (AvgIpc) is 2.86. The lowest BCUT2D eigenvalue weighted by molar-refractivity contribution is -0.115. The van der Waals surface area contributed by atoms with Crippen LogP contribution in [0.2, 0.25) is 0 Å². The number of amides is 1. The van der Waals surface area contributed by atoms with E-state index >= 15 is 0 Å². The van der Waals surface area contributed by atoms with Crippen LogP contribution in [-0.4, -0.2) is 5.91 Å². The molecule has 2 aromatic carbocycles. The van der Waals surface area contributed by atoms with Crippen LogP contribution in [0.3, 0.4) is 0 Å². The van der Waals surface area contributed by atoms with E-state index in [4.69, 9.17) is 5.73 Å². The second-order valence-electron chi connectivity index (χ2n) is 5.63. The molecular formula is C18H20N2O. The van der Waals surface area contributed by atoms with Gasteiger partial charge in [-0.3, -0.25) is 4.79 Å². The second kappa shape index (κ2) is 5.34. The molecule has 3 heteroatoms. The molecule has 0 spiro atoms. The van der Waals surface area contributed by atoms with Crippen LogP contribution in [0, 0.1) is 6.92 Å². The number of anilines is 1. The zero-order valence-electron chi connectivity index (χ0n) is 12.4. The molecule has 1 aliphatic rings. The number of nitrogens with one attached hydrogen (secondary N) is 1. The average molecular weight is 280 g/mol. The molecule has 3 rings (SSSR count). The maximum absolute atomic E-state index is 11.6. The first-order chi connectivity index (χ1) is 10.1. The van der Waals surface area contributed by atoms with Crippen LogP contribution in [0.1, 0.15) is 40.8 Å². The van der Waals surface area contributed by atoms with Gasteiger partial charge in [0.1, 0.15) is 0 Å². The molecule has 0 saturated carbocycles. The summed E-state index contributed by atoms with van der Waals surface area (Å²) in [4.78, 5) is 11.6. The summed E-state index contributed by atoms with van der Waals surface area (Å²) in [6.45, 7) is 4.18. The molecule has 0 aromatic heterocycles. The highest BCUT2D eigenvalue weighted by atomic mass is 16.1. The number of carbonyl (C=O) groups is 1. The maximum atomic E-state index is 11.6. The Morgan fingerprint density at radius 3 is 2.76 bits per heavy atom. The van der Waals surface area contributed by atoms with Crippen LogP contribution in [0.4, 0.5) is 5.69 Å². The molecule has 3 nitrogen and oxygen atoms in total. The Hall–Kier alpha value is -2.13. The van der Waals surface area contributed by atoms with Crippen molar-refractivity contribution in [2.45, 2.75) is 32.7 Å². The molecule has 1 amide bonds. The minimum absolute atomic E-state index is 0.0707. The zero-order chi connectivity index (χ0) is 15.0. The third kappa shape index (κ3) is 2.45. The molecule has 0 aliphatic carbocycles. The Labute approximate surface area is 125 Å². The summed E-state index contributed by atoms with van der Waals surface area (Å²) in [6.07, 6.45) is 1.34. The van der Waals surface area contributed by atoms with Crippen molar-refractivity contribution >= 4 is 11.6 Å². The van der Waals surface area contributed by atoms with Gasteiger partial charge in [0.25, 0.3) is 0 Å². The smallest absolute Gasteiger partial charge is 0.228 e. The fraction of sp³-hybridized carbons (Fsp3) is 0.278. The molecular weight excluding hydrogens is 260 g/mol. The number of hydrogen-bond acceptors (Lipinski definition) is 2. The zero-order valence-corrected chi connectivity index (χ0v) is 12.4. The largest absolute Gasteiger partial charge is 0.325 e. The van der Waals surface area contributed by atoms with Crippen molar-refractivity contribution < 1.29 is 4.79 Å². The van der Waals surface area contributed by atoms with Gasteiger partial charge >= 0.3 is 0 Å². The summed E-state index contributed by atoms with van der Waals surface area (Å²) in [5, 5.41) is 2.95. The lowest BCUT2D eigenvalue weighted by Gasteiger charge is -2.18. The van der Waals surface area contributed by atoms with Gasteiger partial charge in [0.15, 0.2) is 0 Å². The highest BCUT2D eigenvalue weighted by Crippen LogP contribution is 2.33. The topological polar surface area (TPSA) is 55.1 Å². The van der Waals surface area contributed by atoms with Gasteiger partial charge in [-0.15, -0.1) is 0 Å². The van der Waals surface area contributed by atoms with E-state index in [2.05, 4.69) is 43.4 Å². The minimum Gasteiger partial charge on any atom is -0.325 e. The molecule has 1 atom stereocenters. The lowest BCUT2D eigenvalue weighted by Crippen LogP contribution is -2.14. The van der Waals surface area contributed by atoms with Crippen molar-refractivity contribution in [3.8, 4) is 0 Å². The Balaban J connectivity index is 2.06. The number of carbonyl (C=O) groups excluding carboxylic acids is 1. The second-order valence-corrected chi connectivity index (χ2v) is 5.63. The third-order valence-corrected chi connectivity index (χ3v) is 4.20. The number of nitrogens with two attached hydrogens (primary N) is 1. The fourth-order valence-corrected chi connectivity index (χ4v) is 3.02. The Bertz CT molecular complexity index is 706. The highest BCUT2D eigenvalue weighted by Gasteiger charge is 2.23. The molecule has 0 saturated heterocycles. The van der Waals surface area contributed by atoms with Crippen molar-refractivity contribution in [3.05, 3.63) is 64.2 Å². The highest BCUT2D eigenvalue weighted by molar-refractivity contribution is 6.00. The van der Waals surface area contributed by atoms with Gasteiger partial charge in [-0.2, -0.15) is 0 Å². The molecule has 3 N–H and O–H groups in total. The van der Waals surface area contributed by atoms with Crippen LogP contribution in [0.25, 0.3) is 0 Å². The molecule has 0 radical (unpaired) electrons. The minimum atomic E-state index is -0.155. The number of fused-ring (bicyclic) bond motifs is 1. The van der Waals surface area contributed by atoms with Gasteiger partial charge in [0, 0.05) is 5.69 Å². The number of hydrogen-bond donors (Lipinski definition) is 2. The molecule has 1 aliphatic heterocycles. The molecule has 1 unspecified atom stereocenters. The van der Waals surface area contributed by atoms with Crippen molar-refractivity contribution in [2.24, 2.45) is 5.73 Å². The molecule has 108 valence electrons. The first-order valence-electron chi connectivity index (χ1n) is 7.36. The molecule has 1 heterocycles. The maximum Gasteiger partial charge on any atom is 0.228 e. The lowest BCUT2D eigenvalue weighted by atomic mass is 9.92. The van der Waals surface area contributed by atoms with Gasteiger partial charge in [-0.05, 0) is 41.2 Å². The summed E-state index contributed by atoms with van der Waals surface area (Å²) < 4.78 is 0. The monoisotopic (exact) mass is 280 g/mol. The van der Waals surface area contributed by atoms with Gasteiger partial charge in [0.2, 0.25) is 5.91 Å². The standard InChI is InChI=1S/C18H20N2O/c1-3-12-8-13(9-14-10-16(21)20-18(12)14)17(19)15-7-5-4-6-11(15)2/h4-9,17H,3,10,19H2,1-2H3,(H,20,21). The van der Waals surface area contributed by atoms with E-state index in [0.717, 1.165) is 34.4 Å². The van der Waals surface area contributed by atoms with E-state index in [9.17, 15) is 4.79 Å². The summed E-state index contributed by atoms with van der Waals surface area (Å²) in [7, 11) is 0. The quantitative estimate of drug-likeness (QED) is 0.907. The Kier molecular flexibility index (Phi) is 3.52. The van der Waals surface area contributed by atoms with E-state index in [-0.39, 0.29) is 11.9 Å². The Morgan fingerprint density at radius 1 is 1.29 bits per heavy atom. The van der Waals surface area contributed by atoms with E-state index in [1.165, 1.54) is 5.56 Å². The van der Waals surface area contributed by atoms with Crippen LogP contribution >= 0.6 is 0 Å². The van der Waals surface area contributed by atoms with Crippen molar-refractivity contribution in [3.63, 3.8) is 0 Å². The third-order valence-electron chi connectivity index (χ3n) is 4.20. The van der Waals surface area contributed by atoms with E-state index in [1.54, 1.807) is 0 Å². The van der Waals surface area contributed by atoms with Gasteiger partial charge in [0.05, 0.1) is 12.5 Å². The predicted octanol–water partition coefficient (Wildman–Crippen LogP) is 3.10. The van der Waals surface area contributed by atoms with Crippen molar-refractivity contribution in [2.75, 3.05) is 5.32 Å². The van der Waals surface area contributed by atoms with Crippen LogP contribution in [0.5, 0.6) is 0 Å². The Morgan fingerprint density at radius 2 is 2.05 bits per heavy atom. The number of aryl methyl sites for hydroxylation is 2. The predicted molar refractivity (Wildman–Crippen MR) is 85.4 cm³/mol. The van der Waals surface area contributed by atoms with E-state index in [0.29, 0.717) is 6.42 Å². The van der Waals surface area contributed by atoms with Crippen molar-refractivity contribution in [1.29, 1.82) is 0 Å². The van der Waals surface area contributed by atoms with Crippen LogP contribution in [0.15, 0.2) is 36.4 Å². The van der Waals surface area contributed by atoms with Crippen LogP contribution < -0.4 is 11.1 Å². The van der Waals surface area contributed by atoms with Gasteiger partial charge < -0.3 is 11.1 Å². The normalized spacial score (nSPS) is 14.7. The number of rotatable bonds is 3. The first kappa shape index (κ1) is 13.8. The first-order valence-corrected chi connectivity index (χ1v) is 7.36. The summed E-state index contributed by atoms with van der Waals surface area (Å²) in [6, 6.07) is 12.2. The number of benzene rings is 2. The molecule has 21 heavy (non-hydrogen) atoms. The SMILES string of the molecule is CCc1cc(C(N)c2ccccc2C)cc2c1NC(=O)C2. The van der Waals surface area contributed by atoms with Crippen molar-refractivity contribution in [1.82, 2.24) is 0 Å². The van der Waals surface area contributed by atoms with Gasteiger partial charge in [-0.25, -0.2) is 0 Å². The molecule has 0 fully saturated rings. The summed E-state index contributed by atoms with van der Waals surface area (Å²) in [5.74, 6) is 0.0707. The fourth-order valence-electron chi connectivity index (χ4n) is 3.02.